The summed E-state index contributed by atoms with van der Waals surface area (Å²) in [5, 5.41) is 12.0. The fourth-order valence-electron chi connectivity index (χ4n) is 1.60. The van der Waals surface area contributed by atoms with E-state index in [4.69, 9.17) is 5.11 Å². The molecular weight excluding hydrogens is 166 g/mol. The molecule has 0 spiro atoms. The predicted molar refractivity (Wildman–Crippen MR) is 51.2 cm³/mol. The van der Waals surface area contributed by atoms with Crippen LogP contribution in [-0.4, -0.2) is 23.2 Å². The third-order valence-corrected chi connectivity index (χ3v) is 2.56. The smallest absolute Gasteiger partial charge is 0.223 e. The van der Waals surface area contributed by atoms with Gasteiger partial charge in [0, 0.05) is 12.0 Å². The van der Waals surface area contributed by atoms with E-state index in [1.165, 1.54) is 6.42 Å². The SMILES string of the molecule is CC(O)CC(C)NC(=O)C1CCC1. The van der Waals surface area contributed by atoms with Gasteiger partial charge >= 0.3 is 0 Å². The summed E-state index contributed by atoms with van der Waals surface area (Å²) in [6.45, 7) is 3.68. The molecule has 13 heavy (non-hydrogen) atoms. The Labute approximate surface area is 79.5 Å². The van der Waals surface area contributed by atoms with Crippen molar-refractivity contribution in [1.29, 1.82) is 0 Å². The highest BCUT2D eigenvalue weighted by Crippen LogP contribution is 2.26. The molecule has 1 rings (SSSR count). The second-order valence-corrected chi connectivity index (χ2v) is 4.12. The summed E-state index contributed by atoms with van der Waals surface area (Å²) in [5.74, 6) is 0.413. The number of hydrogen-bond acceptors (Lipinski definition) is 2. The standard InChI is InChI=1S/C10H19NO2/c1-7(6-8(2)12)11-10(13)9-4-3-5-9/h7-9,12H,3-6H2,1-2H3,(H,11,13). The molecule has 0 aromatic heterocycles. The van der Waals surface area contributed by atoms with E-state index in [2.05, 4.69) is 5.32 Å². The van der Waals surface area contributed by atoms with Crippen LogP contribution in [0.5, 0.6) is 0 Å². The zero-order chi connectivity index (χ0) is 9.84. The molecule has 0 heterocycles. The first-order chi connectivity index (χ1) is 6.09. The normalized spacial score (nSPS) is 21.8. The Hall–Kier alpha value is -0.570. The lowest BCUT2D eigenvalue weighted by Gasteiger charge is -2.26. The summed E-state index contributed by atoms with van der Waals surface area (Å²) in [7, 11) is 0. The monoisotopic (exact) mass is 185 g/mol. The van der Waals surface area contributed by atoms with E-state index < -0.39 is 0 Å². The van der Waals surface area contributed by atoms with Crippen LogP contribution in [0.2, 0.25) is 0 Å². The maximum absolute atomic E-state index is 11.4. The van der Waals surface area contributed by atoms with Crippen LogP contribution in [0.15, 0.2) is 0 Å². The Morgan fingerprint density at radius 3 is 2.54 bits per heavy atom. The Bertz CT molecular complexity index is 176. The molecule has 0 bridgehead atoms. The molecule has 1 aliphatic carbocycles. The van der Waals surface area contributed by atoms with Crippen LogP contribution >= 0.6 is 0 Å². The first kappa shape index (κ1) is 10.5. The fraction of sp³-hybridized carbons (Fsp3) is 0.900. The van der Waals surface area contributed by atoms with Gasteiger partial charge in [0.25, 0.3) is 0 Å². The highest BCUT2D eigenvalue weighted by Gasteiger charge is 2.25. The van der Waals surface area contributed by atoms with Crippen molar-refractivity contribution in [3.8, 4) is 0 Å². The Morgan fingerprint density at radius 2 is 2.15 bits per heavy atom. The molecule has 0 aromatic rings. The summed E-state index contributed by atoms with van der Waals surface area (Å²) in [4.78, 5) is 11.4. The second kappa shape index (κ2) is 4.61. The van der Waals surface area contributed by atoms with Crippen molar-refractivity contribution in [2.75, 3.05) is 0 Å². The number of nitrogens with one attached hydrogen (secondary N) is 1. The molecule has 76 valence electrons. The zero-order valence-corrected chi connectivity index (χ0v) is 8.42. The van der Waals surface area contributed by atoms with Crippen molar-refractivity contribution in [1.82, 2.24) is 5.32 Å². The van der Waals surface area contributed by atoms with E-state index in [0.717, 1.165) is 12.8 Å². The molecule has 1 fully saturated rings. The molecule has 1 amide bonds. The highest BCUT2D eigenvalue weighted by molar-refractivity contribution is 5.79. The predicted octanol–water partition coefficient (Wildman–Crippen LogP) is 1.06. The molecule has 1 saturated carbocycles. The zero-order valence-electron chi connectivity index (χ0n) is 8.42. The van der Waals surface area contributed by atoms with E-state index in [9.17, 15) is 4.79 Å². The summed E-state index contributed by atoms with van der Waals surface area (Å²) in [6.07, 6.45) is 3.55. The summed E-state index contributed by atoms with van der Waals surface area (Å²) < 4.78 is 0. The second-order valence-electron chi connectivity index (χ2n) is 4.12. The van der Waals surface area contributed by atoms with Crippen LogP contribution in [0.1, 0.15) is 39.5 Å². The minimum Gasteiger partial charge on any atom is -0.393 e. The molecule has 2 N–H and O–H groups in total. The largest absolute Gasteiger partial charge is 0.393 e. The number of aliphatic hydroxyl groups excluding tert-OH is 1. The lowest BCUT2D eigenvalue weighted by atomic mass is 9.84. The summed E-state index contributed by atoms with van der Waals surface area (Å²) in [5.41, 5.74) is 0. The molecule has 0 radical (unpaired) electrons. The van der Waals surface area contributed by atoms with Crippen LogP contribution in [0, 0.1) is 5.92 Å². The van der Waals surface area contributed by atoms with Gasteiger partial charge in [0.2, 0.25) is 5.91 Å². The maximum atomic E-state index is 11.4. The van der Waals surface area contributed by atoms with Gasteiger partial charge in [-0.1, -0.05) is 6.42 Å². The van der Waals surface area contributed by atoms with Crippen molar-refractivity contribution in [3.63, 3.8) is 0 Å². The minimum absolute atomic E-state index is 0.0908. The molecule has 0 saturated heterocycles. The highest BCUT2D eigenvalue weighted by atomic mass is 16.3. The molecule has 0 aliphatic heterocycles. The lowest BCUT2D eigenvalue weighted by Crippen LogP contribution is -2.40. The number of amides is 1. The third kappa shape index (κ3) is 3.35. The molecule has 1 aliphatic rings. The van der Waals surface area contributed by atoms with E-state index in [1.54, 1.807) is 6.92 Å². The topological polar surface area (TPSA) is 49.3 Å². The Morgan fingerprint density at radius 1 is 1.54 bits per heavy atom. The van der Waals surface area contributed by atoms with Crippen molar-refractivity contribution in [2.45, 2.75) is 51.7 Å². The summed E-state index contributed by atoms with van der Waals surface area (Å²) in [6, 6.07) is 0.0908. The fourth-order valence-corrected chi connectivity index (χ4v) is 1.60. The molecule has 0 aromatic carbocycles. The Kier molecular flexibility index (Phi) is 3.72. The van der Waals surface area contributed by atoms with E-state index in [0.29, 0.717) is 6.42 Å². The van der Waals surface area contributed by atoms with Crippen LogP contribution in [0.25, 0.3) is 0 Å². The number of carbonyl (C=O) groups is 1. The third-order valence-electron chi connectivity index (χ3n) is 2.56. The molecular formula is C10H19NO2. The average molecular weight is 185 g/mol. The van der Waals surface area contributed by atoms with Crippen molar-refractivity contribution >= 4 is 5.91 Å². The van der Waals surface area contributed by atoms with Crippen LogP contribution in [-0.2, 0) is 4.79 Å². The van der Waals surface area contributed by atoms with Gasteiger partial charge in [0.1, 0.15) is 0 Å². The molecule has 2 atom stereocenters. The van der Waals surface area contributed by atoms with Gasteiger partial charge in [-0.05, 0) is 33.1 Å². The number of rotatable bonds is 4. The van der Waals surface area contributed by atoms with Crippen molar-refractivity contribution < 1.29 is 9.90 Å². The van der Waals surface area contributed by atoms with E-state index in [-0.39, 0.29) is 24.0 Å². The van der Waals surface area contributed by atoms with Gasteiger partial charge < -0.3 is 10.4 Å². The molecule has 2 unspecified atom stereocenters. The van der Waals surface area contributed by atoms with Crippen LogP contribution < -0.4 is 5.32 Å². The van der Waals surface area contributed by atoms with Gasteiger partial charge in [-0.2, -0.15) is 0 Å². The van der Waals surface area contributed by atoms with Crippen LogP contribution in [0.4, 0.5) is 0 Å². The van der Waals surface area contributed by atoms with Gasteiger partial charge in [-0.15, -0.1) is 0 Å². The first-order valence-corrected chi connectivity index (χ1v) is 5.08. The van der Waals surface area contributed by atoms with Gasteiger partial charge in [-0.3, -0.25) is 4.79 Å². The van der Waals surface area contributed by atoms with Crippen LogP contribution in [0.3, 0.4) is 0 Å². The number of carbonyl (C=O) groups excluding carboxylic acids is 1. The minimum atomic E-state index is -0.336. The van der Waals surface area contributed by atoms with Crippen molar-refractivity contribution in [3.05, 3.63) is 0 Å². The lowest BCUT2D eigenvalue weighted by molar-refractivity contribution is -0.128. The van der Waals surface area contributed by atoms with E-state index >= 15 is 0 Å². The number of aliphatic hydroxyl groups is 1. The van der Waals surface area contributed by atoms with Gasteiger partial charge in [0.05, 0.1) is 6.10 Å². The summed E-state index contributed by atoms with van der Waals surface area (Å²) >= 11 is 0. The average Bonchev–Trinajstić information content (AvgIpc) is 1.78. The maximum Gasteiger partial charge on any atom is 0.223 e. The molecule has 3 heteroatoms. The van der Waals surface area contributed by atoms with Gasteiger partial charge in [-0.25, -0.2) is 0 Å². The van der Waals surface area contributed by atoms with Gasteiger partial charge in [0.15, 0.2) is 0 Å². The molecule has 3 nitrogen and oxygen atoms in total. The van der Waals surface area contributed by atoms with E-state index in [1.807, 2.05) is 6.92 Å². The Balaban J connectivity index is 2.18. The quantitative estimate of drug-likeness (QED) is 0.688. The first-order valence-electron chi connectivity index (χ1n) is 5.08. The van der Waals surface area contributed by atoms with Crippen molar-refractivity contribution in [2.24, 2.45) is 5.92 Å². The number of hydrogen-bond donors (Lipinski definition) is 2.